The minimum absolute atomic E-state index is 0.0334. The van der Waals surface area contributed by atoms with E-state index >= 15 is 0 Å². The zero-order valence-corrected chi connectivity index (χ0v) is 15.1. The van der Waals surface area contributed by atoms with Crippen molar-refractivity contribution in [3.8, 4) is 6.07 Å². The number of nitriles is 1. The van der Waals surface area contributed by atoms with E-state index in [-0.39, 0.29) is 24.5 Å². The van der Waals surface area contributed by atoms with Crippen molar-refractivity contribution in [2.45, 2.75) is 83.7 Å². The summed E-state index contributed by atoms with van der Waals surface area (Å²) in [5.41, 5.74) is -1.97. The van der Waals surface area contributed by atoms with Crippen LogP contribution in [0.15, 0.2) is 0 Å². The van der Waals surface area contributed by atoms with Gasteiger partial charge < -0.3 is 4.74 Å². The second kappa shape index (κ2) is 6.84. The minimum atomic E-state index is -4.33. The third-order valence-electron chi connectivity index (χ3n) is 6.02. The Hall–Kier alpha value is -0.800. The fourth-order valence-electron chi connectivity index (χ4n) is 4.30. The Kier molecular flexibility index (Phi) is 5.56. The van der Waals surface area contributed by atoms with Crippen LogP contribution < -0.4 is 0 Å². The predicted molar refractivity (Wildman–Crippen MR) is 86.3 cm³/mol. The first kappa shape index (κ1) is 19.5. The Balaban J connectivity index is 1.96. The third kappa shape index (κ3) is 3.57. The van der Waals surface area contributed by atoms with Gasteiger partial charge in [0.25, 0.3) is 0 Å². The maximum Gasteiger partial charge on any atom is 0.419 e. The number of hydrogen-bond acceptors (Lipinski definition) is 3. The van der Waals surface area contributed by atoms with Crippen LogP contribution in [0.5, 0.6) is 0 Å². The van der Waals surface area contributed by atoms with Crippen LogP contribution in [0.4, 0.5) is 13.2 Å². The van der Waals surface area contributed by atoms with Gasteiger partial charge in [0.2, 0.25) is 0 Å². The van der Waals surface area contributed by atoms with E-state index in [1.807, 2.05) is 4.90 Å². The normalized spacial score (nSPS) is 31.1. The molecule has 0 unspecified atom stereocenters. The van der Waals surface area contributed by atoms with Crippen LogP contribution >= 0.6 is 0 Å². The third-order valence-corrected chi connectivity index (χ3v) is 6.02. The van der Waals surface area contributed by atoms with Gasteiger partial charge in [-0.05, 0) is 50.9 Å². The number of hydrogen-bond donors (Lipinski definition) is 0. The summed E-state index contributed by atoms with van der Waals surface area (Å²) < 4.78 is 45.5. The van der Waals surface area contributed by atoms with Gasteiger partial charge in [0.15, 0.2) is 5.60 Å². The van der Waals surface area contributed by atoms with E-state index in [0.717, 1.165) is 25.7 Å². The number of rotatable bonds is 5. The van der Waals surface area contributed by atoms with Crippen LogP contribution in [-0.4, -0.2) is 41.9 Å². The fraction of sp³-hybridized carbons (Fsp3) is 0.944. The molecule has 1 aliphatic carbocycles. The molecule has 0 amide bonds. The molecule has 0 N–H and O–H groups in total. The Morgan fingerprint density at radius 3 is 2.08 bits per heavy atom. The predicted octanol–water partition coefficient (Wildman–Crippen LogP) is 4.53. The molecule has 0 spiro atoms. The van der Waals surface area contributed by atoms with Crippen LogP contribution in [0.25, 0.3) is 0 Å². The van der Waals surface area contributed by atoms with Crippen LogP contribution in [0.2, 0.25) is 0 Å². The number of nitrogens with zero attached hydrogens (tertiary/aromatic N) is 2. The highest BCUT2D eigenvalue weighted by Gasteiger charge is 2.64. The molecule has 0 aromatic carbocycles. The molecular formula is C18H29F3N2O. The van der Waals surface area contributed by atoms with Gasteiger partial charge in [-0.2, -0.15) is 18.4 Å². The quantitative estimate of drug-likeness (QED) is 0.734. The lowest BCUT2D eigenvalue weighted by Gasteiger charge is -2.55. The highest BCUT2D eigenvalue weighted by molar-refractivity contribution is 5.07. The van der Waals surface area contributed by atoms with Crippen molar-refractivity contribution in [3.63, 3.8) is 0 Å². The number of alkyl halides is 3. The minimum Gasteiger partial charge on any atom is -0.360 e. The summed E-state index contributed by atoms with van der Waals surface area (Å²) in [6.45, 7) is 7.46. The van der Waals surface area contributed by atoms with Crippen LogP contribution in [0.1, 0.15) is 59.8 Å². The molecule has 1 saturated heterocycles. The second-order valence-electron chi connectivity index (χ2n) is 8.15. The lowest BCUT2D eigenvalue weighted by atomic mass is 9.64. The van der Waals surface area contributed by atoms with Gasteiger partial charge >= 0.3 is 6.18 Å². The molecule has 0 atom stereocenters. The molecular weight excluding hydrogens is 317 g/mol. The Labute approximate surface area is 143 Å². The molecule has 0 aromatic heterocycles. The van der Waals surface area contributed by atoms with Gasteiger partial charge in [0, 0.05) is 25.6 Å². The van der Waals surface area contributed by atoms with Gasteiger partial charge in [-0.15, -0.1) is 0 Å². The summed E-state index contributed by atoms with van der Waals surface area (Å²) in [7, 11) is 0. The summed E-state index contributed by atoms with van der Waals surface area (Å²) in [4.78, 5) is 1.92. The van der Waals surface area contributed by atoms with E-state index in [4.69, 9.17) is 10.00 Å². The van der Waals surface area contributed by atoms with Crippen molar-refractivity contribution in [2.75, 3.05) is 13.1 Å². The summed E-state index contributed by atoms with van der Waals surface area (Å²) in [6, 6.07) is 2.49. The van der Waals surface area contributed by atoms with E-state index in [1.165, 1.54) is 0 Å². The average Bonchev–Trinajstić information content (AvgIpc) is 2.42. The molecule has 0 radical (unpaired) electrons. The Morgan fingerprint density at radius 1 is 1.17 bits per heavy atom. The number of ether oxygens (including phenoxy) is 1. The van der Waals surface area contributed by atoms with E-state index in [2.05, 4.69) is 19.9 Å². The van der Waals surface area contributed by atoms with Gasteiger partial charge in [-0.25, -0.2) is 0 Å². The van der Waals surface area contributed by atoms with Crippen molar-refractivity contribution < 1.29 is 17.9 Å². The van der Waals surface area contributed by atoms with Crippen molar-refractivity contribution in [2.24, 2.45) is 11.3 Å². The van der Waals surface area contributed by atoms with Gasteiger partial charge in [-0.1, -0.05) is 13.8 Å². The first-order valence-corrected chi connectivity index (χ1v) is 8.91. The summed E-state index contributed by atoms with van der Waals surface area (Å²) >= 11 is 0. The monoisotopic (exact) mass is 346 g/mol. The van der Waals surface area contributed by atoms with E-state index in [9.17, 15) is 13.2 Å². The van der Waals surface area contributed by atoms with Gasteiger partial charge in [0.05, 0.1) is 12.2 Å². The lowest BCUT2D eigenvalue weighted by molar-refractivity contribution is -0.332. The molecule has 3 nitrogen and oxygen atoms in total. The first-order chi connectivity index (χ1) is 11.1. The SMILES string of the molecule is CC(C)OC1(C(F)(F)F)CN([C@H]2CC[C@](CC#N)(C(C)C)CC2)C1. The fourth-order valence-corrected chi connectivity index (χ4v) is 4.30. The highest BCUT2D eigenvalue weighted by atomic mass is 19.4. The molecule has 2 rings (SSSR count). The van der Waals surface area contributed by atoms with Crippen LogP contribution in [-0.2, 0) is 4.74 Å². The average molecular weight is 346 g/mol. The lowest BCUT2D eigenvalue weighted by Crippen LogP contribution is -2.73. The summed E-state index contributed by atoms with van der Waals surface area (Å²) in [5, 5.41) is 9.11. The smallest absolute Gasteiger partial charge is 0.360 e. The number of halogens is 3. The Bertz CT molecular complexity index is 468. The van der Waals surface area contributed by atoms with Crippen LogP contribution in [0, 0.1) is 22.7 Å². The summed E-state index contributed by atoms with van der Waals surface area (Å²) in [5.74, 6) is 0.424. The molecule has 6 heteroatoms. The maximum atomic E-state index is 13.4. The van der Waals surface area contributed by atoms with Gasteiger partial charge in [-0.3, -0.25) is 4.90 Å². The van der Waals surface area contributed by atoms with Gasteiger partial charge in [0.1, 0.15) is 0 Å². The molecule has 1 saturated carbocycles. The number of likely N-dealkylation sites (tertiary alicyclic amines) is 1. The van der Waals surface area contributed by atoms with Crippen molar-refractivity contribution in [1.82, 2.24) is 4.90 Å². The largest absolute Gasteiger partial charge is 0.419 e. The van der Waals surface area contributed by atoms with Crippen molar-refractivity contribution in [3.05, 3.63) is 0 Å². The molecule has 24 heavy (non-hydrogen) atoms. The van der Waals surface area contributed by atoms with Crippen molar-refractivity contribution in [1.29, 1.82) is 5.26 Å². The maximum absolute atomic E-state index is 13.4. The van der Waals surface area contributed by atoms with E-state index in [0.29, 0.717) is 12.3 Å². The molecule has 0 bridgehead atoms. The first-order valence-electron chi connectivity index (χ1n) is 8.91. The molecule has 138 valence electrons. The zero-order valence-electron chi connectivity index (χ0n) is 15.1. The Morgan fingerprint density at radius 2 is 1.71 bits per heavy atom. The highest BCUT2D eigenvalue weighted by Crippen LogP contribution is 2.49. The molecule has 1 aliphatic heterocycles. The standard InChI is InChI=1S/C18H29F3N2O/c1-13(2)16(9-10-22)7-5-15(6-8-16)23-11-17(12-23,18(19,20)21)24-14(3)4/h13-15H,5-9,11-12H2,1-4H3/t15-,16-. The molecule has 0 aromatic rings. The van der Waals surface area contributed by atoms with E-state index in [1.54, 1.807) is 13.8 Å². The molecule has 2 fully saturated rings. The van der Waals surface area contributed by atoms with Crippen molar-refractivity contribution >= 4 is 0 Å². The summed E-state index contributed by atoms with van der Waals surface area (Å²) in [6.07, 6.45) is -0.646. The van der Waals surface area contributed by atoms with Crippen LogP contribution in [0.3, 0.4) is 0 Å². The van der Waals surface area contributed by atoms with E-state index < -0.39 is 17.9 Å². The molecule has 2 aliphatic rings. The molecule has 1 heterocycles. The second-order valence-corrected chi connectivity index (χ2v) is 8.15. The topological polar surface area (TPSA) is 36.3 Å². The zero-order chi connectivity index (χ0) is 18.2.